The minimum atomic E-state index is -0.0653. The second-order valence-corrected chi connectivity index (χ2v) is 6.85. The number of tetrazole rings is 1. The van der Waals surface area contributed by atoms with Crippen LogP contribution in [-0.2, 0) is 12.3 Å². The first-order chi connectivity index (χ1) is 11.7. The lowest BCUT2D eigenvalue weighted by Gasteiger charge is -2.03. The summed E-state index contributed by atoms with van der Waals surface area (Å²) >= 11 is 2.89. The van der Waals surface area contributed by atoms with Gasteiger partial charge in [-0.3, -0.25) is 9.20 Å². The molecule has 0 aliphatic heterocycles. The molecule has 4 heterocycles. The maximum atomic E-state index is 12.2. The molecule has 0 aromatic carbocycles. The summed E-state index contributed by atoms with van der Waals surface area (Å²) in [5.41, 5.74) is 1.54. The predicted molar refractivity (Wildman–Crippen MR) is 89.3 cm³/mol. The fourth-order valence-corrected chi connectivity index (χ4v) is 3.92. The van der Waals surface area contributed by atoms with E-state index >= 15 is 0 Å². The van der Waals surface area contributed by atoms with Crippen molar-refractivity contribution in [1.29, 1.82) is 0 Å². The molecular weight excluding hydrogens is 348 g/mol. The number of hydrogen-bond donors (Lipinski definition) is 0. The Bertz CT molecular complexity index is 1030. The quantitative estimate of drug-likeness (QED) is 0.503. The third kappa shape index (κ3) is 2.85. The van der Waals surface area contributed by atoms with Crippen molar-refractivity contribution in [2.45, 2.75) is 24.4 Å². The molecule has 0 bridgehead atoms. The van der Waals surface area contributed by atoms with E-state index in [1.165, 1.54) is 23.1 Å². The van der Waals surface area contributed by atoms with Gasteiger partial charge in [0.1, 0.15) is 12.3 Å². The standard InChI is InChI=1S/C14H12N6O2S2/c1-9-7-23-13-15-10(5-12(21)20(9)13)8-24-14-16-17-18-19(14)6-11-3-2-4-22-11/h2-5,7H,6,8H2,1H3. The molecule has 0 aliphatic rings. The summed E-state index contributed by atoms with van der Waals surface area (Å²) in [5.74, 6) is 1.29. The molecule has 0 saturated heterocycles. The van der Waals surface area contributed by atoms with Gasteiger partial charge in [0.25, 0.3) is 5.56 Å². The van der Waals surface area contributed by atoms with Gasteiger partial charge in [0.05, 0.1) is 12.0 Å². The van der Waals surface area contributed by atoms with Gasteiger partial charge in [-0.25, -0.2) is 9.67 Å². The molecule has 0 atom stereocenters. The minimum Gasteiger partial charge on any atom is -0.467 e. The summed E-state index contributed by atoms with van der Waals surface area (Å²) in [6.45, 7) is 2.35. The van der Waals surface area contributed by atoms with E-state index in [0.717, 1.165) is 11.5 Å². The lowest BCUT2D eigenvalue weighted by molar-refractivity contribution is 0.462. The summed E-state index contributed by atoms with van der Waals surface area (Å²) in [7, 11) is 0. The molecule has 0 saturated carbocycles. The van der Waals surface area contributed by atoms with Gasteiger partial charge in [-0.1, -0.05) is 11.8 Å². The van der Waals surface area contributed by atoms with Crippen LogP contribution in [0.25, 0.3) is 4.96 Å². The van der Waals surface area contributed by atoms with Crippen LogP contribution in [0, 0.1) is 6.92 Å². The van der Waals surface area contributed by atoms with Gasteiger partial charge in [0, 0.05) is 22.9 Å². The SMILES string of the molecule is Cc1csc2nc(CSc3nnnn3Cc3ccco3)cc(=O)n12. The van der Waals surface area contributed by atoms with Crippen LogP contribution in [0.5, 0.6) is 0 Å². The van der Waals surface area contributed by atoms with E-state index in [1.54, 1.807) is 21.4 Å². The predicted octanol–water partition coefficient (Wildman–Crippen LogP) is 1.98. The zero-order valence-corrected chi connectivity index (χ0v) is 14.3. The van der Waals surface area contributed by atoms with Crippen LogP contribution >= 0.6 is 23.1 Å². The summed E-state index contributed by atoms with van der Waals surface area (Å²) in [6.07, 6.45) is 1.61. The van der Waals surface area contributed by atoms with Crippen molar-refractivity contribution in [3.8, 4) is 0 Å². The largest absolute Gasteiger partial charge is 0.467 e. The number of aromatic nitrogens is 6. The van der Waals surface area contributed by atoms with E-state index in [0.29, 0.717) is 28.1 Å². The van der Waals surface area contributed by atoms with Crippen LogP contribution < -0.4 is 5.56 Å². The maximum absolute atomic E-state index is 12.2. The molecule has 0 fully saturated rings. The average Bonchev–Trinajstić information content (AvgIpc) is 3.28. The highest BCUT2D eigenvalue weighted by atomic mass is 32.2. The molecule has 0 spiro atoms. The maximum Gasteiger partial charge on any atom is 0.258 e. The second kappa shape index (κ2) is 6.21. The highest BCUT2D eigenvalue weighted by molar-refractivity contribution is 7.98. The molecule has 4 rings (SSSR count). The van der Waals surface area contributed by atoms with E-state index in [1.807, 2.05) is 24.4 Å². The van der Waals surface area contributed by atoms with E-state index < -0.39 is 0 Å². The monoisotopic (exact) mass is 360 g/mol. The van der Waals surface area contributed by atoms with Crippen molar-refractivity contribution in [2.24, 2.45) is 0 Å². The minimum absolute atomic E-state index is 0.0653. The summed E-state index contributed by atoms with van der Waals surface area (Å²) in [4.78, 5) is 17.4. The zero-order valence-electron chi connectivity index (χ0n) is 12.6. The van der Waals surface area contributed by atoms with Crippen molar-refractivity contribution < 1.29 is 4.42 Å². The highest BCUT2D eigenvalue weighted by Crippen LogP contribution is 2.20. The van der Waals surface area contributed by atoms with Gasteiger partial charge in [0.15, 0.2) is 4.96 Å². The molecule has 0 unspecified atom stereocenters. The molecule has 24 heavy (non-hydrogen) atoms. The number of hydrogen-bond acceptors (Lipinski definition) is 8. The number of thioether (sulfide) groups is 1. The van der Waals surface area contributed by atoms with E-state index in [9.17, 15) is 4.79 Å². The van der Waals surface area contributed by atoms with Crippen molar-refractivity contribution >= 4 is 28.1 Å². The number of thiazole rings is 1. The van der Waals surface area contributed by atoms with Gasteiger partial charge in [-0.2, -0.15) is 0 Å². The van der Waals surface area contributed by atoms with Crippen molar-refractivity contribution in [2.75, 3.05) is 0 Å². The Labute approximate surface area is 144 Å². The first-order valence-electron chi connectivity index (χ1n) is 7.09. The van der Waals surface area contributed by atoms with Gasteiger partial charge in [0.2, 0.25) is 5.16 Å². The molecule has 0 aliphatic carbocycles. The third-order valence-electron chi connectivity index (χ3n) is 3.36. The molecule has 0 radical (unpaired) electrons. The zero-order chi connectivity index (χ0) is 16.5. The Kier molecular flexibility index (Phi) is 3.90. The Hall–Kier alpha value is -2.46. The Morgan fingerprint density at radius 1 is 1.42 bits per heavy atom. The first-order valence-corrected chi connectivity index (χ1v) is 8.95. The number of furan rings is 1. The second-order valence-electron chi connectivity index (χ2n) is 5.07. The van der Waals surface area contributed by atoms with Gasteiger partial charge < -0.3 is 4.42 Å². The summed E-state index contributed by atoms with van der Waals surface area (Å²) in [5, 5.41) is 14.3. The van der Waals surface area contributed by atoms with Crippen LogP contribution in [0.4, 0.5) is 0 Å². The van der Waals surface area contributed by atoms with Gasteiger partial charge in [-0.05, 0) is 29.5 Å². The fraction of sp³-hybridized carbons (Fsp3) is 0.214. The Balaban J connectivity index is 1.53. The lowest BCUT2D eigenvalue weighted by atomic mass is 10.4. The van der Waals surface area contributed by atoms with Crippen LogP contribution in [0.1, 0.15) is 17.1 Å². The summed E-state index contributed by atoms with van der Waals surface area (Å²) in [6, 6.07) is 5.24. The smallest absolute Gasteiger partial charge is 0.258 e. The first kappa shape index (κ1) is 15.1. The average molecular weight is 360 g/mol. The topological polar surface area (TPSA) is 91.1 Å². The fourth-order valence-electron chi connectivity index (χ4n) is 2.26. The molecule has 122 valence electrons. The molecule has 0 amide bonds. The number of rotatable bonds is 5. The third-order valence-corrected chi connectivity index (χ3v) is 5.30. The van der Waals surface area contributed by atoms with Crippen molar-refractivity contribution in [1.82, 2.24) is 29.6 Å². The molecule has 10 heteroatoms. The number of fused-ring (bicyclic) bond motifs is 1. The van der Waals surface area contributed by atoms with Gasteiger partial charge in [-0.15, -0.1) is 16.4 Å². The normalized spacial score (nSPS) is 11.4. The van der Waals surface area contributed by atoms with Gasteiger partial charge >= 0.3 is 0 Å². The summed E-state index contributed by atoms with van der Waals surface area (Å²) < 4.78 is 8.58. The molecular formula is C14H12N6O2S2. The van der Waals surface area contributed by atoms with Crippen LogP contribution in [0.3, 0.4) is 0 Å². The van der Waals surface area contributed by atoms with E-state index in [-0.39, 0.29) is 5.56 Å². The Morgan fingerprint density at radius 3 is 3.17 bits per heavy atom. The highest BCUT2D eigenvalue weighted by Gasteiger charge is 2.11. The van der Waals surface area contributed by atoms with Crippen molar-refractivity contribution in [3.05, 3.63) is 57.3 Å². The number of aryl methyl sites for hydroxylation is 1. The van der Waals surface area contributed by atoms with Crippen LogP contribution in [-0.4, -0.2) is 29.6 Å². The molecule has 4 aromatic rings. The molecule has 8 nitrogen and oxygen atoms in total. The lowest BCUT2D eigenvalue weighted by Crippen LogP contribution is -2.14. The number of nitrogens with zero attached hydrogens (tertiary/aromatic N) is 6. The van der Waals surface area contributed by atoms with Crippen LogP contribution in [0.2, 0.25) is 0 Å². The van der Waals surface area contributed by atoms with E-state index in [2.05, 4.69) is 20.5 Å². The Morgan fingerprint density at radius 2 is 2.33 bits per heavy atom. The molecule has 4 aromatic heterocycles. The van der Waals surface area contributed by atoms with Crippen LogP contribution in [0.15, 0.2) is 44.2 Å². The van der Waals surface area contributed by atoms with Crippen molar-refractivity contribution in [3.63, 3.8) is 0 Å². The molecule has 0 N–H and O–H groups in total. The van der Waals surface area contributed by atoms with E-state index in [4.69, 9.17) is 4.42 Å².